The lowest BCUT2D eigenvalue weighted by atomic mass is 9.68. The van der Waals surface area contributed by atoms with Crippen molar-refractivity contribution < 1.29 is 5.11 Å². The second-order valence-electron chi connectivity index (χ2n) is 5.55. The summed E-state index contributed by atoms with van der Waals surface area (Å²) < 4.78 is 0. The van der Waals surface area contributed by atoms with E-state index in [0.717, 1.165) is 25.8 Å². The van der Waals surface area contributed by atoms with Gasteiger partial charge in [0.1, 0.15) is 0 Å². The summed E-state index contributed by atoms with van der Waals surface area (Å²) in [4.78, 5) is 0. The van der Waals surface area contributed by atoms with Crippen LogP contribution in [0.5, 0.6) is 0 Å². The summed E-state index contributed by atoms with van der Waals surface area (Å²) in [5.41, 5.74) is 0.588. The normalized spacial score (nSPS) is 36.7. The molecule has 0 aromatic heterocycles. The molecule has 13 heavy (non-hydrogen) atoms. The molecule has 1 saturated carbocycles. The predicted octanol–water partition coefficient (Wildman–Crippen LogP) is 1.68. The molecule has 1 aliphatic carbocycles. The van der Waals surface area contributed by atoms with Crippen LogP contribution in [-0.4, -0.2) is 23.3 Å². The predicted molar refractivity (Wildman–Crippen MR) is 53.6 cm³/mol. The Morgan fingerprint density at radius 1 is 1.15 bits per heavy atom. The molecule has 2 rings (SSSR count). The molecule has 0 aromatic rings. The van der Waals surface area contributed by atoms with Gasteiger partial charge >= 0.3 is 0 Å². The highest BCUT2D eigenvalue weighted by Gasteiger charge is 2.45. The third-order valence-corrected chi connectivity index (χ3v) is 4.03. The molecule has 1 heterocycles. The molecule has 0 radical (unpaired) electrons. The Morgan fingerprint density at radius 3 is 2.23 bits per heavy atom. The molecule has 1 unspecified atom stereocenters. The fraction of sp³-hybridized carbons (Fsp3) is 1.00. The van der Waals surface area contributed by atoms with Gasteiger partial charge in [0.2, 0.25) is 0 Å². The van der Waals surface area contributed by atoms with E-state index in [2.05, 4.69) is 19.2 Å². The minimum Gasteiger partial charge on any atom is -0.391 e. The van der Waals surface area contributed by atoms with Crippen molar-refractivity contribution in [3.63, 3.8) is 0 Å². The van der Waals surface area contributed by atoms with Gasteiger partial charge in [-0.3, -0.25) is 0 Å². The Bertz CT molecular complexity index is 190. The van der Waals surface area contributed by atoms with Crippen molar-refractivity contribution in [3.8, 4) is 0 Å². The van der Waals surface area contributed by atoms with Crippen molar-refractivity contribution >= 4 is 0 Å². The largest absolute Gasteiger partial charge is 0.391 e. The van der Waals surface area contributed by atoms with Gasteiger partial charge in [-0.1, -0.05) is 13.8 Å². The first-order chi connectivity index (χ1) is 6.04. The highest BCUT2D eigenvalue weighted by molar-refractivity contribution is 5.03. The average molecular weight is 183 g/mol. The fourth-order valence-corrected chi connectivity index (χ4v) is 2.73. The highest BCUT2D eigenvalue weighted by atomic mass is 16.3. The Morgan fingerprint density at radius 2 is 1.77 bits per heavy atom. The second kappa shape index (κ2) is 2.96. The van der Waals surface area contributed by atoms with Crippen LogP contribution in [0.4, 0.5) is 0 Å². The Hall–Kier alpha value is -0.0800. The number of aliphatic hydroxyl groups excluding tert-OH is 1. The van der Waals surface area contributed by atoms with Gasteiger partial charge in [-0.2, -0.15) is 0 Å². The summed E-state index contributed by atoms with van der Waals surface area (Å²) in [6.45, 7) is 5.67. The van der Waals surface area contributed by atoms with Crippen LogP contribution in [-0.2, 0) is 0 Å². The minimum absolute atomic E-state index is 0.0928. The van der Waals surface area contributed by atoms with Crippen molar-refractivity contribution in [2.24, 2.45) is 5.41 Å². The minimum atomic E-state index is -0.0939. The summed E-state index contributed by atoms with van der Waals surface area (Å²) in [7, 11) is 0. The van der Waals surface area contributed by atoms with E-state index in [0.29, 0.717) is 5.41 Å². The SMILES string of the molecule is CC1(C)CCC2(CC1)NCCC2O. The molecule has 76 valence electrons. The monoisotopic (exact) mass is 183 g/mol. The fourth-order valence-electron chi connectivity index (χ4n) is 2.73. The van der Waals surface area contributed by atoms with Crippen LogP contribution in [0.3, 0.4) is 0 Å². The molecule has 2 fully saturated rings. The maximum absolute atomic E-state index is 9.91. The maximum atomic E-state index is 9.91. The van der Waals surface area contributed by atoms with Gasteiger partial charge in [0.25, 0.3) is 0 Å². The van der Waals surface area contributed by atoms with E-state index in [1.807, 2.05) is 0 Å². The summed E-state index contributed by atoms with van der Waals surface area (Å²) in [6, 6.07) is 0. The smallest absolute Gasteiger partial charge is 0.0733 e. The van der Waals surface area contributed by atoms with E-state index in [1.165, 1.54) is 12.8 Å². The van der Waals surface area contributed by atoms with Crippen molar-refractivity contribution in [3.05, 3.63) is 0 Å². The van der Waals surface area contributed by atoms with E-state index in [9.17, 15) is 5.11 Å². The highest BCUT2D eigenvalue weighted by Crippen LogP contribution is 2.43. The van der Waals surface area contributed by atoms with E-state index < -0.39 is 0 Å². The van der Waals surface area contributed by atoms with Gasteiger partial charge in [-0.25, -0.2) is 0 Å². The Kier molecular flexibility index (Phi) is 2.16. The molecule has 2 aliphatic rings. The molecule has 0 bridgehead atoms. The zero-order chi connectivity index (χ0) is 9.53. The third kappa shape index (κ3) is 1.62. The zero-order valence-electron chi connectivity index (χ0n) is 8.77. The van der Waals surface area contributed by atoms with Gasteiger partial charge in [0.05, 0.1) is 6.10 Å². The van der Waals surface area contributed by atoms with E-state index in [-0.39, 0.29) is 11.6 Å². The quantitative estimate of drug-likeness (QED) is 0.599. The van der Waals surface area contributed by atoms with Crippen molar-refractivity contribution in [1.82, 2.24) is 5.32 Å². The summed E-state index contributed by atoms with van der Waals surface area (Å²) in [5, 5.41) is 13.4. The van der Waals surface area contributed by atoms with E-state index in [4.69, 9.17) is 0 Å². The third-order valence-electron chi connectivity index (χ3n) is 4.03. The van der Waals surface area contributed by atoms with Crippen LogP contribution in [0.1, 0.15) is 46.0 Å². The molecule has 2 nitrogen and oxygen atoms in total. The lowest BCUT2D eigenvalue weighted by Crippen LogP contribution is -2.51. The topological polar surface area (TPSA) is 32.3 Å². The molecule has 0 aromatic carbocycles. The van der Waals surface area contributed by atoms with Crippen LogP contribution in [0.25, 0.3) is 0 Å². The number of nitrogens with one attached hydrogen (secondary N) is 1. The molecule has 2 N–H and O–H groups in total. The molecule has 2 heteroatoms. The van der Waals surface area contributed by atoms with Crippen LogP contribution in [0.2, 0.25) is 0 Å². The van der Waals surface area contributed by atoms with Crippen molar-refractivity contribution in [2.75, 3.05) is 6.54 Å². The van der Waals surface area contributed by atoms with Gasteiger partial charge in [-0.15, -0.1) is 0 Å². The van der Waals surface area contributed by atoms with E-state index in [1.54, 1.807) is 0 Å². The Balaban J connectivity index is 2.04. The molecule has 1 aliphatic heterocycles. The molecule has 0 amide bonds. The van der Waals surface area contributed by atoms with Gasteiger partial charge < -0.3 is 10.4 Å². The van der Waals surface area contributed by atoms with Crippen LogP contribution >= 0.6 is 0 Å². The van der Waals surface area contributed by atoms with Crippen molar-refractivity contribution in [2.45, 2.75) is 57.6 Å². The first kappa shape index (κ1) is 9.47. The Labute approximate surface area is 80.7 Å². The summed E-state index contributed by atoms with van der Waals surface area (Å²) in [5.74, 6) is 0. The van der Waals surface area contributed by atoms with Gasteiger partial charge in [-0.05, 0) is 44.1 Å². The van der Waals surface area contributed by atoms with Crippen LogP contribution < -0.4 is 5.32 Å². The number of rotatable bonds is 0. The van der Waals surface area contributed by atoms with E-state index >= 15 is 0 Å². The number of hydrogen-bond acceptors (Lipinski definition) is 2. The van der Waals surface area contributed by atoms with Crippen LogP contribution in [0, 0.1) is 5.41 Å². The summed E-state index contributed by atoms with van der Waals surface area (Å²) >= 11 is 0. The number of aliphatic hydroxyl groups is 1. The standard InChI is InChI=1S/C11H21NO/c1-10(2)4-6-11(7-5-10)9(13)3-8-12-11/h9,12-13H,3-8H2,1-2H3. The first-order valence-corrected chi connectivity index (χ1v) is 5.47. The number of hydrogen-bond donors (Lipinski definition) is 2. The average Bonchev–Trinajstić information content (AvgIpc) is 2.41. The lowest BCUT2D eigenvalue weighted by Gasteiger charge is -2.43. The maximum Gasteiger partial charge on any atom is 0.0733 e. The van der Waals surface area contributed by atoms with Gasteiger partial charge in [0, 0.05) is 5.54 Å². The summed E-state index contributed by atoms with van der Waals surface area (Å²) in [6.07, 6.45) is 5.65. The second-order valence-corrected chi connectivity index (χ2v) is 5.55. The molecule has 1 spiro atoms. The molecular formula is C11H21NO. The van der Waals surface area contributed by atoms with Crippen molar-refractivity contribution in [1.29, 1.82) is 0 Å². The zero-order valence-corrected chi connectivity index (χ0v) is 8.77. The first-order valence-electron chi connectivity index (χ1n) is 5.47. The molecule has 1 saturated heterocycles. The molecule has 1 atom stereocenters. The van der Waals surface area contributed by atoms with Gasteiger partial charge in [0.15, 0.2) is 0 Å². The lowest BCUT2D eigenvalue weighted by molar-refractivity contribution is 0.0413. The van der Waals surface area contributed by atoms with Crippen LogP contribution in [0.15, 0.2) is 0 Å². The molecular weight excluding hydrogens is 162 g/mol.